The van der Waals surface area contributed by atoms with Crippen molar-refractivity contribution in [3.05, 3.63) is 35.9 Å². The van der Waals surface area contributed by atoms with Crippen molar-refractivity contribution in [3.8, 4) is 5.75 Å². The lowest BCUT2D eigenvalue weighted by atomic mass is 9.98. The van der Waals surface area contributed by atoms with Gasteiger partial charge in [0.1, 0.15) is 5.75 Å². The molecule has 27 heavy (non-hydrogen) atoms. The van der Waals surface area contributed by atoms with Crippen LogP contribution in [0.15, 0.2) is 30.3 Å². The molecule has 0 aliphatic carbocycles. The molecule has 5 heteroatoms. The summed E-state index contributed by atoms with van der Waals surface area (Å²) in [6.07, 6.45) is 10.9. The number of ether oxygens (including phenoxy) is 1. The number of aliphatic carboxylic acids is 1. The fourth-order valence-corrected chi connectivity index (χ4v) is 2.93. The Labute approximate surface area is 162 Å². The molecule has 0 bridgehead atoms. The van der Waals surface area contributed by atoms with Crippen molar-refractivity contribution in [2.24, 2.45) is 0 Å². The molecule has 3 N–H and O–H groups in total. The van der Waals surface area contributed by atoms with Gasteiger partial charge in [0.2, 0.25) is 0 Å². The van der Waals surface area contributed by atoms with E-state index in [1.807, 2.05) is 24.3 Å². The molecule has 1 aromatic rings. The first-order valence-corrected chi connectivity index (χ1v) is 10.1. The summed E-state index contributed by atoms with van der Waals surface area (Å²) in [6, 6.07) is 7.59. The van der Waals surface area contributed by atoms with E-state index in [1.54, 1.807) is 0 Å². The zero-order valence-corrected chi connectivity index (χ0v) is 16.2. The molecule has 1 rings (SSSR count). The Hall–Kier alpha value is -1.85. The molecule has 1 aromatic carbocycles. The lowest BCUT2D eigenvalue weighted by molar-refractivity contribution is -0.131. The zero-order valence-electron chi connectivity index (χ0n) is 16.2. The second kappa shape index (κ2) is 15.2. The maximum atomic E-state index is 11.1. The Morgan fingerprint density at radius 2 is 1.37 bits per heavy atom. The summed E-state index contributed by atoms with van der Waals surface area (Å²) in [7, 11) is 0. The highest BCUT2D eigenvalue weighted by molar-refractivity contribution is 5.90. The first kappa shape index (κ1) is 23.2. The number of aliphatic hydroxyl groups excluding tert-OH is 2. The Morgan fingerprint density at radius 3 is 1.96 bits per heavy atom. The van der Waals surface area contributed by atoms with Crippen LogP contribution in [0.5, 0.6) is 5.75 Å². The van der Waals surface area contributed by atoms with E-state index >= 15 is 0 Å². The zero-order chi connectivity index (χ0) is 19.7. The van der Waals surface area contributed by atoms with Gasteiger partial charge in [-0.1, -0.05) is 37.8 Å². The minimum atomic E-state index is -0.919. The number of allylic oxidation sites excluding steroid dienone is 1. The lowest BCUT2D eigenvalue weighted by Gasteiger charge is -2.10. The number of rotatable bonds is 16. The van der Waals surface area contributed by atoms with E-state index in [1.165, 1.54) is 6.08 Å². The van der Waals surface area contributed by atoms with Gasteiger partial charge in [0.05, 0.1) is 6.61 Å². The number of carboxylic acid groups (broad SMARTS) is 1. The average Bonchev–Trinajstić information content (AvgIpc) is 2.66. The van der Waals surface area contributed by atoms with Gasteiger partial charge < -0.3 is 20.1 Å². The van der Waals surface area contributed by atoms with Crippen LogP contribution in [0.25, 0.3) is 5.57 Å². The van der Waals surface area contributed by atoms with Gasteiger partial charge in [0, 0.05) is 19.3 Å². The Morgan fingerprint density at radius 1 is 0.815 bits per heavy atom. The molecule has 0 unspecified atom stereocenters. The molecule has 0 spiro atoms. The van der Waals surface area contributed by atoms with Gasteiger partial charge in [-0.05, 0) is 61.8 Å². The fraction of sp³-hybridized carbons (Fsp3) is 0.591. The molecule has 0 radical (unpaired) electrons. The third-order valence-electron chi connectivity index (χ3n) is 4.45. The summed E-state index contributed by atoms with van der Waals surface area (Å²) in [5.74, 6) is -0.140. The molecule has 0 aliphatic heterocycles. The fourth-order valence-electron chi connectivity index (χ4n) is 2.93. The molecule has 0 saturated heterocycles. The van der Waals surface area contributed by atoms with Gasteiger partial charge in [-0.2, -0.15) is 0 Å². The van der Waals surface area contributed by atoms with Gasteiger partial charge in [-0.25, -0.2) is 4.79 Å². The third-order valence-corrected chi connectivity index (χ3v) is 4.45. The summed E-state index contributed by atoms with van der Waals surface area (Å²) < 4.78 is 5.68. The summed E-state index contributed by atoms with van der Waals surface area (Å²) in [5.41, 5.74) is 1.76. The molecule has 0 atom stereocenters. The number of benzene rings is 1. The largest absolute Gasteiger partial charge is 0.494 e. The smallest absolute Gasteiger partial charge is 0.328 e. The Balaban J connectivity index is 2.46. The predicted molar refractivity (Wildman–Crippen MR) is 108 cm³/mol. The maximum absolute atomic E-state index is 11.1. The quantitative estimate of drug-likeness (QED) is 0.293. The van der Waals surface area contributed by atoms with Gasteiger partial charge in [-0.15, -0.1) is 0 Å². The number of carbonyl (C=O) groups is 1. The summed E-state index contributed by atoms with van der Waals surface area (Å²) >= 11 is 0. The van der Waals surface area contributed by atoms with E-state index in [0.717, 1.165) is 81.1 Å². The topological polar surface area (TPSA) is 87.0 Å². The van der Waals surface area contributed by atoms with Crippen LogP contribution in [0.3, 0.4) is 0 Å². The molecule has 0 amide bonds. The summed E-state index contributed by atoms with van der Waals surface area (Å²) in [6.45, 7) is 1.09. The third kappa shape index (κ3) is 11.5. The van der Waals surface area contributed by atoms with Crippen molar-refractivity contribution < 1.29 is 24.9 Å². The lowest BCUT2D eigenvalue weighted by Crippen LogP contribution is -1.98. The van der Waals surface area contributed by atoms with Crippen LogP contribution < -0.4 is 4.74 Å². The van der Waals surface area contributed by atoms with Crippen molar-refractivity contribution in [2.75, 3.05) is 19.8 Å². The molecule has 152 valence electrons. The van der Waals surface area contributed by atoms with E-state index in [-0.39, 0.29) is 13.2 Å². The molecule has 0 fully saturated rings. The number of carboxylic acids is 1. The second-order valence-corrected chi connectivity index (χ2v) is 6.76. The van der Waals surface area contributed by atoms with E-state index in [2.05, 4.69) is 0 Å². The van der Waals surface area contributed by atoms with Gasteiger partial charge in [0.15, 0.2) is 0 Å². The van der Waals surface area contributed by atoms with Crippen molar-refractivity contribution in [1.82, 2.24) is 0 Å². The molecular weight excluding hydrogens is 344 g/mol. The van der Waals surface area contributed by atoms with Crippen LogP contribution in [0, 0.1) is 0 Å². The van der Waals surface area contributed by atoms with E-state index in [0.29, 0.717) is 6.61 Å². The number of hydrogen-bond donors (Lipinski definition) is 3. The SMILES string of the molecule is O=C(O)/C=C(\CCCCCCCCO)c1ccc(OCCCCCO)cc1. The van der Waals surface area contributed by atoms with Crippen LogP contribution >= 0.6 is 0 Å². The molecule has 0 aliphatic rings. The monoisotopic (exact) mass is 378 g/mol. The molecule has 0 saturated carbocycles. The maximum Gasteiger partial charge on any atom is 0.328 e. The molecule has 5 nitrogen and oxygen atoms in total. The Kier molecular flexibility index (Phi) is 13.1. The molecule has 0 heterocycles. The van der Waals surface area contributed by atoms with Gasteiger partial charge in [0.25, 0.3) is 0 Å². The van der Waals surface area contributed by atoms with E-state index < -0.39 is 5.97 Å². The van der Waals surface area contributed by atoms with Gasteiger partial charge >= 0.3 is 5.97 Å². The van der Waals surface area contributed by atoms with Crippen LogP contribution in [-0.4, -0.2) is 41.1 Å². The highest BCUT2D eigenvalue weighted by atomic mass is 16.5. The summed E-state index contributed by atoms with van der Waals surface area (Å²) in [4.78, 5) is 11.1. The number of aliphatic hydroxyl groups is 2. The van der Waals surface area contributed by atoms with E-state index in [9.17, 15) is 4.79 Å². The highest BCUT2D eigenvalue weighted by Crippen LogP contribution is 2.24. The minimum absolute atomic E-state index is 0.218. The van der Waals surface area contributed by atoms with Crippen LogP contribution in [0.2, 0.25) is 0 Å². The highest BCUT2D eigenvalue weighted by Gasteiger charge is 2.05. The number of hydrogen-bond acceptors (Lipinski definition) is 4. The van der Waals surface area contributed by atoms with Crippen molar-refractivity contribution in [1.29, 1.82) is 0 Å². The summed E-state index contributed by atoms with van der Waals surface area (Å²) in [5, 5.41) is 26.7. The van der Waals surface area contributed by atoms with Crippen LogP contribution in [-0.2, 0) is 4.79 Å². The normalized spacial score (nSPS) is 11.6. The second-order valence-electron chi connectivity index (χ2n) is 6.76. The van der Waals surface area contributed by atoms with Gasteiger partial charge in [-0.3, -0.25) is 0 Å². The molecular formula is C22H34O5. The minimum Gasteiger partial charge on any atom is -0.494 e. The van der Waals surface area contributed by atoms with Crippen LogP contribution in [0.1, 0.15) is 69.8 Å². The van der Waals surface area contributed by atoms with Crippen molar-refractivity contribution in [2.45, 2.75) is 64.2 Å². The first-order valence-electron chi connectivity index (χ1n) is 10.1. The average molecular weight is 379 g/mol. The molecule has 0 aromatic heterocycles. The standard InChI is InChI=1S/C22H34O5/c23-15-7-4-2-1-3-6-10-20(18-22(25)26)19-11-13-21(14-12-19)27-17-9-5-8-16-24/h11-14,18,23-24H,1-10,15-17H2,(H,25,26)/b20-18+. The number of unbranched alkanes of at least 4 members (excludes halogenated alkanes) is 7. The van der Waals surface area contributed by atoms with Crippen molar-refractivity contribution >= 4 is 11.5 Å². The predicted octanol–water partition coefficient (Wildman–Crippen LogP) is 4.42. The van der Waals surface area contributed by atoms with E-state index in [4.69, 9.17) is 20.1 Å². The Bertz CT molecular complexity index is 536. The van der Waals surface area contributed by atoms with Crippen LogP contribution in [0.4, 0.5) is 0 Å². The van der Waals surface area contributed by atoms with Crippen molar-refractivity contribution in [3.63, 3.8) is 0 Å². The first-order chi connectivity index (χ1) is 13.2.